The van der Waals surface area contributed by atoms with E-state index in [2.05, 4.69) is 49.4 Å². The van der Waals surface area contributed by atoms with Gasteiger partial charge in [-0.25, -0.2) is 0 Å². The summed E-state index contributed by atoms with van der Waals surface area (Å²) in [5.74, 6) is -1.53. The van der Waals surface area contributed by atoms with Gasteiger partial charge in [-0.2, -0.15) is 0 Å². The zero-order valence-electron chi connectivity index (χ0n) is 30.5. The maximum atomic E-state index is 12.1. The zero-order valence-corrected chi connectivity index (χ0v) is 35.8. The Morgan fingerprint density at radius 3 is 0.939 bits per heavy atom. The van der Waals surface area contributed by atoms with E-state index >= 15 is 0 Å². The molecule has 4 aliphatic rings. The smallest absolute Gasteiger partial charge is 0.281 e. The topological polar surface area (TPSA) is 129 Å². The molecule has 0 heterocycles. The molecule has 4 aliphatic carbocycles. The molecule has 0 saturated heterocycles. The number of hydrogen-bond donors (Lipinski definition) is 4. The summed E-state index contributed by atoms with van der Waals surface area (Å²) >= 11 is 21.6. The minimum absolute atomic E-state index is 0. The number of rotatable bonds is 10. The molecule has 17 heteroatoms. The summed E-state index contributed by atoms with van der Waals surface area (Å²) in [7, 11) is 3.42. The van der Waals surface area contributed by atoms with Crippen LogP contribution in [0.25, 0.3) is 0 Å². The summed E-state index contributed by atoms with van der Waals surface area (Å²) in [6.07, 6.45) is 7.78. The Morgan fingerprint density at radius 2 is 0.714 bits per heavy atom. The van der Waals surface area contributed by atoms with Gasteiger partial charge < -0.3 is 0 Å². The first kappa shape index (κ1) is 43.6. The first-order chi connectivity index (χ1) is 22.2. The SMILES string of the molecule is CCN(NC(=O)CC(=O)NN(C)C(=S)C1(C)CC1)C(=S)C1(C)CC1.CCN(NC(=O)CC(=O)NN(C)C(=S)C1(C)CC1)C(=S)C1(C)CC1.[Na+]. The predicted molar refractivity (Wildman–Crippen MR) is 202 cm³/mol. The molecule has 0 aliphatic heterocycles. The van der Waals surface area contributed by atoms with E-state index in [-0.39, 0.29) is 87.7 Å². The Labute approximate surface area is 335 Å². The van der Waals surface area contributed by atoms with E-state index in [0.29, 0.717) is 23.1 Å². The van der Waals surface area contributed by atoms with E-state index in [4.69, 9.17) is 48.9 Å². The van der Waals surface area contributed by atoms with Crippen LogP contribution in [0.3, 0.4) is 0 Å². The largest absolute Gasteiger partial charge is 1.00 e. The van der Waals surface area contributed by atoms with Crippen LogP contribution in [-0.4, -0.2) is 90.8 Å². The molecule has 0 aromatic rings. The molecule has 4 N–H and O–H groups in total. The second-order valence-electron chi connectivity index (χ2n) is 14.6. The van der Waals surface area contributed by atoms with Gasteiger partial charge in [0.1, 0.15) is 32.8 Å². The van der Waals surface area contributed by atoms with E-state index < -0.39 is 0 Å². The molecule has 0 atom stereocenters. The van der Waals surface area contributed by atoms with Crippen molar-refractivity contribution in [2.24, 2.45) is 21.7 Å². The van der Waals surface area contributed by atoms with Gasteiger partial charge in [-0.3, -0.25) is 60.9 Å². The zero-order chi connectivity index (χ0) is 36.2. The molecule has 4 rings (SSSR count). The molecule has 12 nitrogen and oxygen atoms in total. The molecular formula is C32H52N8NaO4S4+. The average Bonchev–Trinajstić information content (AvgIpc) is 3.82. The molecule has 0 aromatic carbocycles. The van der Waals surface area contributed by atoms with E-state index in [1.807, 2.05) is 13.8 Å². The van der Waals surface area contributed by atoms with Crippen LogP contribution in [0.1, 0.15) is 106 Å². The molecule has 4 saturated carbocycles. The van der Waals surface area contributed by atoms with Crippen LogP contribution in [-0.2, 0) is 19.2 Å². The van der Waals surface area contributed by atoms with Crippen LogP contribution >= 0.6 is 48.9 Å². The average molecular weight is 764 g/mol. The monoisotopic (exact) mass is 763 g/mol. The molecule has 49 heavy (non-hydrogen) atoms. The van der Waals surface area contributed by atoms with Gasteiger partial charge in [0.15, 0.2) is 0 Å². The Hall–Kier alpha value is -1.56. The summed E-state index contributed by atoms with van der Waals surface area (Å²) < 4.78 is 0. The van der Waals surface area contributed by atoms with Crippen molar-refractivity contribution in [1.29, 1.82) is 0 Å². The van der Waals surface area contributed by atoms with E-state index in [0.717, 1.165) is 61.3 Å². The van der Waals surface area contributed by atoms with Crippen molar-refractivity contribution in [3.63, 3.8) is 0 Å². The Morgan fingerprint density at radius 1 is 0.490 bits per heavy atom. The van der Waals surface area contributed by atoms with Gasteiger partial charge in [0, 0.05) is 48.8 Å². The molecular weight excluding hydrogens is 712 g/mol. The first-order valence-electron chi connectivity index (χ1n) is 16.6. The quantitative estimate of drug-likeness (QED) is 0.109. The van der Waals surface area contributed by atoms with Crippen LogP contribution in [0.5, 0.6) is 0 Å². The summed E-state index contributed by atoms with van der Waals surface area (Å²) in [4.78, 5) is 51.2. The number of hydrogen-bond acceptors (Lipinski definition) is 8. The Kier molecular flexibility index (Phi) is 15.4. The summed E-state index contributed by atoms with van der Waals surface area (Å²) in [5.41, 5.74) is 10.8. The van der Waals surface area contributed by atoms with Crippen molar-refractivity contribution in [2.75, 3.05) is 27.2 Å². The number of nitrogens with zero attached hydrogens (tertiary/aromatic N) is 4. The number of amides is 4. The molecule has 4 fully saturated rings. The predicted octanol–water partition coefficient (Wildman–Crippen LogP) is 0.899. The number of hydrazine groups is 4. The number of carbonyl (C=O) groups is 4. The standard InChI is InChI=1S/2C16H26N4O2S2.Na/c2*1-5-20(14(24)16(3)8-9-16)18-12(22)10-11(21)17-19(4)13(23)15(2)6-7-15;/h2*5-10H2,1-4H3,(H,17,21)(H,18,22);/q;;+1. The number of carbonyl (C=O) groups excluding carboxylic acids is 4. The fourth-order valence-corrected chi connectivity index (χ4v) is 6.10. The van der Waals surface area contributed by atoms with Crippen LogP contribution in [0.15, 0.2) is 0 Å². The van der Waals surface area contributed by atoms with Crippen molar-refractivity contribution in [1.82, 2.24) is 41.7 Å². The molecule has 0 radical (unpaired) electrons. The van der Waals surface area contributed by atoms with Gasteiger partial charge in [-0.1, -0.05) is 76.6 Å². The van der Waals surface area contributed by atoms with Gasteiger partial charge in [-0.05, 0) is 65.2 Å². The molecule has 268 valence electrons. The second-order valence-corrected chi connectivity index (χ2v) is 16.1. The van der Waals surface area contributed by atoms with Gasteiger partial charge >= 0.3 is 29.6 Å². The normalized spacial score (nSPS) is 18.6. The molecule has 0 unspecified atom stereocenters. The third-order valence-electron chi connectivity index (χ3n) is 9.54. The third kappa shape index (κ3) is 12.3. The van der Waals surface area contributed by atoms with Crippen molar-refractivity contribution in [3.05, 3.63) is 0 Å². The van der Waals surface area contributed by atoms with Crippen molar-refractivity contribution in [2.45, 2.75) is 106 Å². The second kappa shape index (κ2) is 17.3. The maximum absolute atomic E-state index is 12.1. The van der Waals surface area contributed by atoms with Crippen LogP contribution in [0.2, 0.25) is 0 Å². The van der Waals surface area contributed by atoms with Crippen molar-refractivity contribution < 1.29 is 48.7 Å². The summed E-state index contributed by atoms with van der Waals surface area (Å²) in [6.45, 7) is 13.3. The first-order valence-corrected chi connectivity index (χ1v) is 18.2. The molecule has 0 bridgehead atoms. The maximum Gasteiger partial charge on any atom is 1.00 e. The summed E-state index contributed by atoms with van der Waals surface area (Å²) in [6, 6.07) is 0. The van der Waals surface area contributed by atoms with E-state index in [1.54, 1.807) is 34.1 Å². The fourth-order valence-electron chi connectivity index (χ4n) is 4.84. The molecule has 0 spiro atoms. The minimum Gasteiger partial charge on any atom is -0.281 e. The summed E-state index contributed by atoms with van der Waals surface area (Å²) in [5, 5.41) is 6.42. The minimum atomic E-state index is -0.388. The van der Waals surface area contributed by atoms with Crippen molar-refractivity contribution in [3.8, 4) is 0 Å². The third-order valence-corrected chi connectivity index (χ3v) is 12.5. The van der Waals surface area contributed by atoms with Crippen molar-refractivity contribution >= 4 is 92.5 Å². The number of nitrogens with one attached hydrogen (secondary N) is 4. The van der Waals surface area contributed by atoms with Gasteiger partial charge in [-0.15, -0.1) is 0 Å². The van der Waals surface area contributed by atoms with Crippen LogP contribution < -0.4 is 51.3 Å². The van der Waals surface area contributed by atoms with E-state index in [9.17, 15) is 19.2 Å². The molecule has 4 amide bonds. The molecule has 0 aromatic heterocycles. The number of thiocarbonyl (C=S) groups is 4. The fraction of sp³-hybridized carbons (Fsp3) is 0.750. The van der Waals surface area contributed by atoms with Gasteiger partial charge in [0.2, 0.25) is 23.6 Å². The Balaban J connectivity index is 0.000000333. The van der Waals surface area contributed by atoms with Gasteiger partial charge in [0.25, 0.3) is 0 Å². The van der Waals surface area contributed by atoms with Crippen LogP contribution in [0.4, 0.5) is 0 Å². The van der Waals surface area contributed by atoms with Crippen LogP contribution in [0, 0.1) is 21.7 Å². The van der Waals surface area contributed by atoms with E-state index in [1.165, 1.54) is 0 Å². The van der Waals surface area contributed by atoms with Gasteiger partial charge in [0.05, 0.1) is 0 Å². The Bertz CT molecular complexity index is 1250.